The average Bonchev–Trinajstić information content (AvgIpc) is 3.29. The van der Waals surface area contributed by atoms with Gasteiger partial charge in [0.25, 0.3) is 0 Å². The number of fused-ring (bicyclic) bond motifs is 1. The first-order chi connectivity index (χ1) is 12.2. The van der Waals surface area contributed by atoms with E-state index in [1.54, 1.807) is 24.5 Å². The van der Waals surface area contributed by atoms with E-state index >= 15 is 0 Å². The summed E-state index contributed by atoms with van der Waals surface area (Å²) in [6.07, 6.45) is 1.57. The van der Waals surface area contributed by atoms with Gasteiger partial charge < -0.3 is 10.2 Å². The lowest BCUT2D eigenvalue weighted by Gasteiger charge is -2.04. The Kier molecular flexibility index (Phi) is 3.84. The molecule has 3 aromatic heterocycles. The van der Waals surface area contributed by atoms with Crippen molar-refractivity contribution < 1.29 is 4.42 Å². The van der Waals surface area contributed by atoms with E-state index in [9.17, 15) is 0 Å². The molecule has 0 saturated heterocycles. The highest BCUT2D eigenvalue weighted by molar-refractivity contribution is 7.98. The predicted molar refractivity (Wildman–Crippen MR) is 93.6 cm³/mol. The smallest absolute Gasteiger partial charge is 0.224 e. The molecule has 0 bridgehead atoms. The number of nitriles is 1. The van der Waals surface area contributed by atoms with Crippen LogP contribution in [-0.2, 0) is 5.75 Å². The number of nitrogen functional groups attached to an aromatic ring is 1. The molecule has 4 rings (SSSR count). The second kappa shape index (κ2) is 6.30. The number of aromatic nitrogens is 4. The molecule has 0 unspecified atom stereocenters. The maximum absolute atomic E-state index is 8.97. The van der Waals surface area contributed by atoms with Gasteiger partial charge in [0.1, 0.15) is 5.03 Å². The van der Waals surface area contributed by atoms with Crippen molar-refractivity contribution in [3.63, 3.8) is 0 Å². The Bertz CT molecular complexity index is 1080. The fraction of sp³-hybridized carbons (Fsp3) is 0.0588. The molecule has 8 heteroatoms. The van der Waals surface area contributed by atoms with Gasteiger partial charge in [0.2, 0.25) is 11.8 Å². The molecule has 0 radical (unpaired) electrons. The van der Waals surface area contributed by atoms with Gasteiger partial charge in [-0.2, -0.15) is 9.78 Å². The number of nitrogens with two attached hydrogens (primary N) is 1. The Balaban J connectivity index is 1.61. The lowest BCUT2D eigenvalue weighted by atomic mass is 10.2. The van der Waals surface area contributed by atoms with Gasteiger partial charge in [0, 0.05) is 11.8 Å². The van der Waals surface area contributed by atoms with Crippen LogP contribution in [0.5, 0.6) is 0 Å². The Morgan fingerprint density at radius 2 is 2.12 bits per heavy atom. The Hall–Kier alpha value is -3.31. The number of thioether (sulfide) groups is 1. The highest BCUT2D eigenvalue weighted by atomic mass is 32.2. The van der Waals surface area contributed by atoms with Crippen LogP contribution in [0.15, 0.2) is 58.2 Å². The summed E-state index contributed by atoms with van der Waals surface area (Å²) >= 11 is 1.52. The molecule has 122 valence electrons. The topological polar surface area (TPSA) is 106 Å². The number of anilines is 1. The monoisotopic (exact) mass is 348 g/mol. The largest absolute Gasteiger partial charge is 0.461 e. The summed E-state index contributed by atoms with van der Waals surface area (Å²) in [5, 5.41) is 14.0. The molecule has 1 aromatic carbocycles. The molecule has 0 spiro atoms. The molecule has 0 aliphatic rings. The molecular formula is C17H12N6OS. The molecule has 0 fully saturated rings. The van der Waals surface area contributed by atoms with E-state index in [2.05, 4.69) is 21.1 Å². The van der Waals surface area contributed by atoms with Gasteiger partial charge in [-0.1, -0.05) is 12.1 Å². The lowest BCUT2D eigenvalue weighted by molar-refractivity contribution is 0.577. The van der Waals surface area contributed by atoms with E-state index < -0.39 is 0 Å². The van der Waals surface area contributed by atoms with Crippen molar-refractivity contribution in [1.29, 1.82) is 5.26 Å². The first-order valence-electron chi connectivity index (χ1n) is 7.42. The Labute approximate surface area is 147 Å². The van der Waals surface area contributed by atoms with Crippen molar-refractivity contribution in [3.05, 3.63) is 59.9 Å². The van der Waals surface area contributed by atoms with Crippen molar-refractivity contribution in [1.82, 2.24) is 19.6 Å². The minimum absolute atomic E-state index is 0.260. The minimum Gasteiger partial charge on any atom is -0.461 e. The van der Waals surface area contributed by atoms with Crippen LogP contribution in [0, 0.1) is 11.3 Å². The molecule has 3 heterocycles. The van der Waals surface area contributed by atoms with Crippen LogP contribution in [0.4, 0.5) is 5.95 Å². The second-order valence-electron chi connectivity index (χ2n) is 5.24. The summed E-state index contributed by atoms with van der Waals surface area (Å²) in [5.74, 6) is 1.97. The van der Waals surface area contributed by atoms with E-state index in [1.807, 2.05) is 24.3 Å². The van der Waals surface area contributed by atoms with E-state index in [4.69, 9.17) is 15.4 Å². The van der Waals surface area contributed by atoms with Crippen molar-refractivity contribution in [2.24, 2.45) is 0 Å². The lowest BCUT2D eigenvalue weighted by Crippen LogP contribution is -2.02. The molecule has 0 saturated carbocycles. The zero-order valence-electron chi connectivity index (χ0n) is 13.0. The van der Waals surface area contributed by atoms with E-state index in [1.165, 1.54) is 16.3 Å². The van der Waals surface area contributed by atoms with Gasteiger partial charge in [-0.15, -0.1) is 16.9 Å². The fourth-order valence-corrected chi connectivity index (χ4v) is 3.20. The van der Waals surface area contributed by atoms with Gasteiger partial charge in [-0.25, -0.2) is 9.97 Å². The Morgan fingerprint density at radius 1 is 1.20 bits per heavy atom. The molecular weight excluding hydrogens is 336 g/mol. The number of nitrogens with zero attached hydrogens (tertiary/aromatic N) is 5. The zero-order chi connectivity index (χ0) is 17.2. The third kappa shape index (κ3) is 3.05. The first-order valence-corrected chi connectivity index (χ1v) is 8.40. The van der Waals surface area contributed by atoms with E-state index in [0.29, 0.717) is 28.5 Å². The zero-order valence-corrected chi connectivity index (χ0v) is 13.8. The van der Waals surface area contributed by atoms with Gasteiger partial charge in [0.15, 0.2) is 11.4 Å². The highest BCUT2D eigenvalue weighted by Crippen LogP contribution is 2.25. The van der Waals surface area contributed by atoms with Gasteiger partial charge in [-0.3, -0.25) is 0 Å². The van der Waals surface area contributed by atoms with Crippen LogP contribution in [0.3, 0.4) is 0 Å². The minimum atomic E-state index is 0.260. The van der Waals surface area contributed by atoms with Gasteiger partial charge in [0.05, 0.1) is 17.9 Å². The maximum Gasteiger partial charge on any atom is 0.224 e. The number of rotatable bonds is 4. The molecule has 2 N–H and O–H groups in total. The molecule has 0 amide bonds. The standard InChI is InChI=1S/C17H12N6OS/c18-9-11-3-1-4-12(7-11)10-25-15-8-14-20-16(13-5-2-6-24-13)22-23(14)17(19)21-15/h1-8H,10H2,(H2,19,21). The van der Waals surface area contributed by atoms with Crippen molar-refractivity contribution >= 4 is 23.4 Å². The summed E-state index contributed by atoms with van der Waals surface area (Å²) in [4.78, 5) is 8.80. The molecule has 0 atom stereocenters. The van der Waals surface area contributed by atoms with Crippen molar-refractivity contribution in [2.75, 3.05) is 5.73 Å². The van der Waals surface area contributed by atoms with Crippen LogP contribution < -0.4 is 5.73 Å². The van der Waals surface area contributed by atoms with Gasteiger partial charge >= 0.3 is 0 Å². The van der Waals surface area contributed by atoms with Crippen LogP contribution in [0.1, 0.15) is 11.1 Å². The number of benzene rings is 1. The first kappa shape index (κ1) is 15.2. The number of hydrogen-bond acceptors (Lipinski definition) is 7. The van der Waals surface area contributed by atoms with E-state index in [0.717, 1.165) is 10.6 Å². The number of hydrogen-bond donors (Lipinski definition) is 1. The third-order valence-corrected chi connectivity index (χ3v) is 4.49. The normalized spacial score (nSPS) is 10.8. The summed E-state index contributed by atoms with van der Waals surface area (Å²) < 4.78 is 6.80. The molecule has 25 heavy (non-hydrogen) atoms. The third-order valence-electron chi connectivity index (χ3n) is 3.51. The van der Waals surface area contributed by atoms with Crippen LogP contribution in [0.2, 0.25) is 0 Å². The SMILES string of the molecule is N#Cc1cccc(CSc2cc3nc(-c4ccco4)nn3c(N)n2)c1. The van der Waals surface area contributed by atoms with Crippen LogP contribution >= 0.6 is 11.8 Å². The summed E-state index contributed by atoms with van der Waals surface area (Å²) in [6.45, 7) is 0. The van der Waals surface area contributed by atoms with E-state index in [-0.39, 0.29) is 5.95 Å². The average molecular weight is 348 g/mol. The predicted octanol–water partition coefficient (Wildman–Crippen LogP) is 3.13. The molecule has 4 aromatic rings. The highest BCUT2D eigenvalue weighted by Gasteiger charge is 2.12. The fourth-order valence-electron chi connectivity index (χ4n) is 2.36. The quantitative estimate of drug-likeness (QED) is 0.446. The molecule has 7 nitrogen and oxygen atoms in total. The van der Waals surface area contributed by atoms with Crippen molar-refractivity contribution in [3.8, 4) is 17.7 Å². The maximum atomic E-state index is 8.97. The van der Waals surface area contributed by atoms with Crippen molar-refractivity contribution in [2.45, 2.75) is 10.8 Å². The van der Waals surface area contributed by atoms with Crippen LogP contribution in [0.25, 0.3) is 17.2 Å². The molecule has 0 aliphatic carbocycles. The van der Waals surface area contributed by atoms with Gasteiger partial charge in [-0.05, 0) is 29.8 Å². The number of furan rings is 1. The summed E-state index contributed by atoms with van der Waals surface area (Å²) in [5.41, 5.74) is 8.29. The van der Waals surface area contributed by atoms with Crippen LogP contribution in [-0.4, -0.2) is 19.6 Å². The molecule has 0 aliphatic heterocycles. The second-order valence-corrected chi connectivity index (χ2v) is 6.23. The summed E-state index contributed by atoms with van der Waals surface area (Å²) in [7, 11) is 0. The summed E-state index contributed by atoms with van der Waals surface area (Å²) in [6, 6.07) is 15.0. The Morgan fingerprint density at radius 3 is 2.92 bits per heavy atom.